The van der Waals surface area contributed by atoms with Gasteiger partial charge in [0.15, 0.2) is 0 Å². The topological polar surface area (TPSA) is 35.5 Å². The summed E-state index contributed by atoms with van der Waals surface area (Å²) >= 11 is 6.79. The van der Waals surface area contributed by atoms with Gasteiger partial charge in [-0.05, 0) is 68.3 Å². The van der Waals surface area contributed by atoms with E-state index in [0.29, 0.717) is 21.3 Å². The minimum atomic E-state index is -1.26. The highest BCUT2D eigenvalue weighted by Gasteiger charge is 2.12. The minimum absolute atomic E-state index is 0.703. The number of rotatable bonds is 4. The Bertz CT molecular complexity index is 603. The van der Waals surface area contributed by atoms with Crippen molar-refractivity contribution in [3.63, 3.8) is 0 Å². The molecular weight excluding hydrogens is 408 g/mol. The summed E-state index contributed by atoms with van der Waals surface area (Å²) < 4.78 is 24.4. The molecule has 0 fully saturated rings. The first kappa shape index (κ1) is 15.5. The van der Waals surface area contributed by atoms with E-state index in [1.165, 1.54) is 0 Å². The first-order valence-corrected chi connectivity index (χ1v) is 8.39. The lowest BCUT2D eigenvalue weighted by molar-refractivity contribution is 0.411. The molecule has 2 aromatic rings. The van der Waals surface area contributed by atoms with Gasteiger partial charge in [0.2, 0.25) is 0 Å². The monoisotopic (exact) mass is 418 g/mol. The van der Waals surface area contributed by atoms with Crippen LogP contribution < -0.4 is 9.47 Å². The van der Waals surface area contributed by atoms with Gasteiger partial charge in [-0.2, -0.15) is 0 Å². The van der Waals surface area contributed by atoms with Crippen molar-refractivity contribution < 1.29 is 13.7 Å². The van der Waals surface area contributed by atoms with E-state index >= 15 is 0 Å². The van der Waals surface area contributed by atoms with E-state index in [2.05, 4.69) is 31.9 Å². The van der Waals surface area contributed by atoms with Gasteiger partial charge in [-0.25, -0.2) is 4.21 Å². The summed E-state index contributed by atoms with van der Waals surface area (Å²) in [4.78, 5) is 1.41. The Morgan fingerprint density at radius 1 is 0.850 bits per heavy atom. The Morgan fingerprint density at radius 2 is 1.25 bits per heavy atom. The molecular formula is C14H12Br2O3S. The number of halogens is 2. The Balaban J connectivity index is 2.36. The zero-order valence-corrected chi connectivity index (χ0v) is 14.8. The molecule has 0 heterocycles. The lowest BCUT2D eigenvalue weighted by Gasteiger charge is -2.08. The molecule has 0 spiro atoms. The van der Waals surface area contributed by atoms with Gasteiger partial charge in [-0.15, -0.1) is 0 Å². The van der Waals surface area contributed by atoms with E-state index in [9.17, 15) is 4.21 Å². The van der Waals surface area contributed by atoms with Gasteiger partial charge in [0.1, 0.15) is 11.5 Å². The molecule has 0 amide bonds. The molecule has 20 heavy (non-hydrogen) atoms. The molecule has 6 heteroatoms. The van der Waals surface area contributed by atoms with Gasteiger partial charge in [-0.3, -0.25) is 0 Å². The number of hydrogen-bond acceptors (Lipinski definition) is 3. The molecule has 2 aromatic carbocycles. The van der Waals surface area contributed by atoms with Crippen LogP contribution in [0.1, 0.15) is 0 Å². The summed E-state index contributed by atoms with van der Waals surface area (Å²) in [7, 11) is 1.93. The second-order valence-electron chi connectivity index (χ2n) is 3.86. The zero-order chi connectivity index (χ0) is 14.7. The molecule has 0 aromatic heterocycles. The highest BCUT2D eigenvalue weighted by atomic mass is 79.9. The Hall–Kier alpha value is -0.850. The van der Waals surface area contributed by atoms with Gasteiger partial charge in [0.05, 0.1) is 34.0 Å². The van der Waals surface area contributed by atoms with E-state index in [-0.39, 0.29) is 0 Å². The molecule has 0 N–H and O–H groups in total. The summed E-state index contributed by atoms with van der Waals surface area (Å²) in [6.45, 7) is 0. The highest BCUT2D eigenvalue weighted by molar-refractivity contribution is 9.10. The van der Waals surface area contributed by atoms with Crippen molar-refractivity contribution in [2.45, 2.75) is 9.79 Å². The van der Waals surface area contributed by atoms with E-state index in [1.807, 2.05) is 0 Å². The molecule has 3 nitrogen and oxygen atoms in total. The van der Waals surface area contributed by atoms with Crippen LogP contribution in [0.5, 0.6) is 11.5 Å². The lowest BCUT2D eigenvalue weighted by atomic mass is 10.3. The van der Waals surface area contributed by atoms with Gasteiger partial charge in [0, 0.05) is 9.79 Å². The van der Waals surface area contributed by atoms with E-state index in [1.54, 1.807) is 50.6 Å². The van der Waals surface area contributed by atoms with Crippen LogP contribution in [-0.2, 0) is 10.8 Å². The van der Waals surface area contributed by atoms with Crippen LogP contribution >= 0.6 is 31.9 Å². The molecule has 0 saturated carbocycles. The van der Waals surface area contributed by atoms with Crippen molar-refractivity contribution in [3.05, 3.63) is 45.3 Å². The summed E-state index contributed by atoms with van der Waals surface area (Å²) in [5.74, 6) is 1.42. The summed E-state index contributed by atoms with van der Waals surface area (Å²) in [5.41, 5.74) is 0. The first-order chi connectivity index (χ1) is 9.56. The van der Waals surface area contributed by atoms with Gasteiger partial charge < -0.3 is 9.47 Å². The van der Waals surface area contributed by atoms with Gasteiger partial charge in [-0.1, -0.05) is 0 Å². The first-order valence-electron chi connectivity index (χ1n) is 5.65. The van der Waals surface area contributed by atoms with Crippen LogP contribution in [-0.4, -0.2) is 18.4 Å². The zero-order valence-electron chi connectivity index (χ0n) is 10.9. The normalized spacial score (nSPS) is 10.7. The van der Waals surface area contributed by atoms with Crippen LogP contribution in [0.3, 0.4) is 0 Å². The van der Waals surface area contributed by atoms with Crippen molar-refractivity contribution in [2.75, 3.05) is 14.2 Å². The van der Waals surface area contributed by atoms with Crippen molar-refractivity contribution in [2.24, 2.45) is 0 Å². The van der Waals surface area contributed by atoms with E-state index in [0.717, 1.165) is 8.95 Å². The SMILES string of the molecule is COc1ccc(S(=O)c2ccc(OC)c(Br)c2)cc1Br. The van der Waals surface area contributed by atoms with Crippen molar-refractivity contribution in [3.8, 4) is 11.5 Å². The molecule has 106 valence electrons. The highest BCUT2D eigenvalue weighted by Crippen LogP contribution is 2.31. The molecule has 0 bridgehead atoms. The maximum atomic E-state index is 12.5. The predicted molar refractivity (Wildman–Crippen MR) is 86.1 cm³/mol. The second kappa shape index (κ2) is 6.74. The van der Waals surface area contributed by atoms with Crippen molar-refractivity contribution in [1.82, 2.24) is 0 Å². The van der Waals surface area contributed by atoms with Gasteiger partial charge >= 0.3 is 0 Å². The quantitative estimate of drug-likeness (QED) is 0.736. The number of ether oxygens (including phenoxy) is 2. The third-order valence-electron chi connectivity index (χ3n) is 2.67. The fourth-order valence-electron chi connectivity index (χ4n) is 1.66. The van der Waals surface area contributed by atoms with Crippen LogP contribution in [0.4, 0.5) is 0 Å². The van der Waals surface area contributed by atoms with Crippen LogP contribution in [0.25, 0.3) is 0 Å². The molecule has 0 atom stereocenters. The standard InChI is InChI=1S/C14H12Br2O3S/c1-18-13-5-3-9(7-11(13)15)20(17)10-4-6-14(19-2)12(16)8-10/h3-8H,1-2H3. The molecule has 0 aliphatic rings. The number of hydrogen-bond donors (Lipinski definition) is 0. The molecule has 0 aliphatic carbocycles. The summed E-state index contributed by atoms with van der Waals surface area (Å²) in [6.07, 6.45) is 0. The summed E-state index contributed by atoms with van der Waals surface area (Å²) in [6, 6.07) is 10.8. The third-order valence-corrected chi connectivity index (χ3v) is 5.28. The molecule has 0 unspecified atom stereocenters. The third kappa shape index (κ3) is 3.24. The van der Waals surface area contributed by atoms with Crippen molar-refractivity contribution >= 4 is 42.7 Å². The summed E-state index contributed by atoms with van der Waals surface area (Å²) in [5, 5.41) is 0. The fourth-order valence-corrected chi connectivity index (χ4v) is 4.15. The van der Waals surface area contributed by atoms with Crippen LogP contribution in [0.15, 0.2) is 55.1 Å². The Morgan fingerprint density at radius 3 is 1.55 bits per heavy atom. The molecule has 0 saturated heterocycles. The molecule has 0 radical (unpaired) electrons. The van der Waals surface area contributed by atoms with Crippen molar-refractivity contribution in [1.29, 1.82) is 0 Å². The van der Waals surface area contributed by atoms with Gasteiger partial charge in [0.25, 0.3) is 0 Å². The van der Waals surface area contributed by atoms with Crippen LogP contribution in [0, 0.1) is 0 Å². The Kier molecular flexibility index (Phi) is 5.23. The number of methoxy groups -OCH3 is 2. The van der Waals surface area contributed by atoms with Crippen LogP contribution in [0.2, 0.25) is 0 Å². The maximum Gasteiger partial charge on any atom is 0.133 e. The molecule has 0 aliphatic heterocycles. The predicted octanol–water partition coefficient (Wildman–Crippen LogP) is 4.40. The largest absolute Gasteiger partial charge is 0.496 e. The smallest absolute Gasteiger partial charge is 0.133 e. The lowest BCUT2D eigenvalue weighted by Crippen LogP contribution is -1.95. The van der Waals surface area contributed by atoms with E-state index < -0.39 is 10.8 Å². The maximum absolute atomic E-state index is 12.5. The fraction of sp³-hybridized carbons (Fsp3) is 0.143. The average molecular weight is 420 g/mol. The minimum Gasteiger partial charge on any atom is -0.496 e. The number of benzene rings is 2. The average Bonchev–Trinajstić information content (AvgIpc) is 2.46. The van der Waals surface area contributed by atoms with E-state index in [4.69, 9.17) is 9.47 Å². The molecule has 2 rings (SSSR count). The second-order valence-corrected chi connectivity index (χ2v) is 7.05. The Labute approximate surface area is 137 Å².